The topological polar surface area (TPSA) is 21.7 Å². The van der Waals surface area contributed by atoms with E-state index >= 15 is 0 Å². The molecular formula is C41H73NO2. The summed E-state index contributed by atoms with van der Waals surface area (Å²) in [5.41, 5.74) is 0.463. The maximum atomic E-state index is 6.60. The summed E-state index contributed by atoms with van der Waals surface area (Å²) in [6, 6.07) is 0. The van der Waals surface area contributed by atoms with Crippen LogP contribution >= 0.6 is 0 Å². The second-order valence-corrected chi connectivity index (χ2v) is 14.9. The summed E-state index contributed by atoms with van der Waals surface area (Å²) in [7, 11) is 2.19. The number of ether oxygens (including phenoxy) is 2. The second-order valence-electron chi connectivity index (χ2n) is 14.9. The monoisotopic (exact) mass is 612 g/mol. The Bertz CT molecular complexity index is 778. The lowest BCUT2D eigenvalue weighted by molar-refractivity contribution is -0.281. The van der Waals surface area contributed by atoms with Crippen LogP contribution in [-0.2, 0) is 9.47 Å². The van der Waals surface area contributed by atoms with Crippen LogP contribution in [0, 0.1) is 5.41 Å². The predicted octanol–water partition coefficient (Wildman–Crippen LogP) is 12.3. The number of unbranched alkanes of at least 4 members (excludes halogenated alkanes) is 17. The van der Waals surface area contributed by atoms with Gasteiger partial charge in [-0.2, -0.15) is 0 Å². The van der Waals surface area contributed by atoms with Crippen molar-refractivity contribution in [3.8, 4) is 0 Å². The summed E-state index contributed by atoms with van der Waals surface area (Å²) in [5.74, 6) is -0.243. The Balaban J connectivity index is 1.26. The number of nitrogens with zero attached hydrogens (tertiary/aromatic N) is 1. The minimum Gasteiger partial charge on any atom is -0.343 e. The largest absolute Gasteiger partial charge is 0.343 e. The highest BCUT2D eigenvalue weighted by atomic mass is 16.8. The van der Waals surface area contributed by atoms with Crippen LogP contribution in [0.5, 0.6) is 0 Å². The van der Waals surface area contributed by atoms with Crippen LogP contribution in [0.3, 0.4) is 0 Å². The van der Waals surface area contributed by atoms with Gasteiger partial charge in [0.1, 0.15) is 12.2 Å². The van der Waals surface area contributed by atoms with E-state index in [9.17, 15) is 0 Å². The lowest BCUT2D eigenvalue weighted by Gasteiger charge is -2.54. The first-order valence-corrected chi connectivity index (χ1v) is 19.6. The molecule has 0 unspecified atom stereocenters. The van der Waals surface area contributed by atoms with E-state index in [0.29, 0.717) is 17.6 Å². The molecule has 3 nitrogen and oxygen atoms in total. The Kier molecular flexibility index (Phi) is 19.3. The molecule has 3 fully saturated rings. The first-order chi connectivity index (χ1) is 21.6. The molecule has 0 amide bonds. The zero-order chi connectivity index (χ0) is 31.2. The van der Waals surface area contributed by atoms with Crippen LogP contribution < -0.4 is 0 Å². The molecule has 1 spiro atoms. The predicted molar refractivity (Wildman–Crippen MR) is 191 cm³/mol. The van der Waals surface area contributed by atoms with Gasteiger partial charge in [0.15, 0.2) is 5.79 Å². The highest BCUT2D eigenvalue weighted by Gasteiger charge is 2.62. The lowest BCUT2D eigenvalue weighted by Crippen LogP contribution is -2.54. The van der Waals surface area contributed by atoms with Crippen molar-refractivity contribution in [3.63, 3.8) is 0 Å². The fourth-order valence-electron chi connectivity index (χ4n) is 7.99. The van der Waals surface area contributed by atoms with Gasteiger partial charge in [0.2, 0.25) is 0 Å². The fourth-order valence-corrected chi connectivity index (χ4v) is 7.99. The number of likely N-dealkylation sites (tertiary alicyclic amines) is 1. The third-order valence-electron chi connectivity index (χ3n) is 10.5. The van der Waals surface area contributed by atoms with Gasteiger partial charge in [0.05, 0.1) is 0 Å². The molecular weight excluding hydrogens is 538 g/mol. The average Bonchev–Trinajstić information content (AvgIpc) is 3.51. The zero-order valence-electron chi connectivity index (χ0n) is 29.7. The Hall–Kier alpha value is -0.900. The summed E-state index contributed by atoms with van der Waals surface area (Å²) in [5, 5.41) is 0. The standard InChI is InChI=1S/C41H73NO2/c1-4-6-8-10-12-14-16-18-20-22-24-26-28-30-32-40(36-41(37-40)43-38-34-42(3)35-39(38)44-41)33-31-29-27-25-23-21-19-17-15-13-11-9-7-5-2/h12,14,18-21,38-39H,4-11,13,15-17,22-37H2,1-3H3/b14-12-,20-18-,21-19-/t38-,39-/m0/s1. The quantitative estimate of drug-likeness (QED) is 0.0681. The minimum absolute atomic E-state index is 0.243. The Labute approximate surface area is 274 Å². The van der Waals surface area contributed by atoms with Crippen molar-refractivity contribution in [1.82, 2.24) is 4.90 Å². The molecule has 1 saturated carbocycles. The zero-order valence-corrected chi connectivity index (χ0v) is 29.7. The van der Waals surface area contributed by atoms with Crippen molar-refractivity contribution in [3.05, 3.63) is 36.5 Å². The van der Waals surface area contributed by atoms with Crippen LogP contribution in [0.2, 0.25) is 0 Å². The molecule has 3 rings (SSSR count). The van der Waals surface area contributed by atoms with Crippen molar-refractivity contribution in [2.45, 2.75) is 199 Å². The number of hydrogen-bond acceptors (Lipinski definition) is 3. The van der Waals surface area contributed by atoms with Gasteiger partial charge < -0.3 is 14.4 Å². The van der Waals surface area contributed by atoms with Crippen molar-refractivity contribution >= 4 is 0 Å². The van der Waals surface area contributed by atoms with Crippen LogP contribution in [0.15, 0.2) is 36.5 Å². The highest BCUT2D eigenvalue weighted by molar-refractivity contribution is 5.06. The maximum absolute atomic E-state index is 6.60. The SMILES string of the molecule is CCCCC/C=C\C/C=C\CCCCCCC1(CCCCCC/C=C\CCCCCCCC)CC2(C1)O[C@H]1CN(C)C[C@@H]1O2. The summed E-state index contributed by atoms with van der Waals surface area (Å²) in [6.45, 7) is 6.65. The Morgan fingerprint density at radius 2 is 0.909 bits per heavy atom. The number of allylic oxidation sites excluding steroid dienone is 6. The van der Waals surface area contributed by atoms with E-state index in [-0.39, 0.29) is 5.79 Å². The molecule has 0 aromatic carbocycles. The third kappa shape index (κ3) is 14.7. The number of hydrogen-bond donors (Lipinski definition) is 0. The van der Waals surface area contributed by atoms with E-state index in [1.807, 2.05) is 0 Å². The summed E-state index contributed by atoms with van der Waals surface area (Å²) in [6.07, 6.45) is 49.6. The number of rotatable bonds is 27. The van der Waals surface area contributed by atoms with Gasteiger partial charge in [0.25, 0.3) is 0 Å². The number of likely N-dealkylation sites (N-methyl/N-ethyl adjacent to an activating group) is 1. The van der Waals surface area contributed by atoms with Gasteiger partial charge in [-0.25, -0.2) is 0 Å². The van der Waals surface area contributed by atoms with Gasteiger partial charge in [-0.3, -0.25) is 0 Å². The van der Waals surface area contributed by atoms with E-state index < -0.39 is 0 Å². The van der Waals surface area contributed by atoms with Gasteiger partial charge in [0, 0.05) is 25.9 Å². The molecule has 0 aromatic rings. The van der Waals surface area contributed by atoms with Gasteiger partial charge in [-0.1, -0.05) is 134 Å². The first-order valence-electron chi connectivity index (χ1n) is 19.6. The van der Waals surface area contributed by atoms with Crippen molar-refractivity contribution in [2.75, 3.05) is 20.1 Å². The van der Waals surface area contributed by atoms with E-state index in [2.05, 4.69) is 62.3 Å². The average molecular weight is 612 g/mol. The highest BCUT2D eigenvalue weighted by Crippen LogP contribution is 2.60. The molecule has 0 aromatic heterocycles. The third-order valence-corrected chi connectivity index (χ3v) is 10.5. The lowest BCUT2D eigenvalue weighted by atomic mass is 9.59. The van der Waals surface area contributed by atoms with Crippen LogP contribution in [0.4, 0.5) is 0 Å². The van der Waals surface area contributed by atoms with Gasteiger partial charge in [-0.05, 0) is 83.1 Å². The van der Waals surface area contributed by atoms with E-state index in [4.69, 9.17) is 9.47 Å². The normalized spacial score (nSPS) is 27.1. The smallest absolute Gasteiger partial charge is 0.170 e. The fraction of sp³-hybridized carbons (Fsp3) is 0.854. The molecule has 2 atom stereocenters. The molecule has 0 N–H and O–H groups in total. The molecule has 3 heteroatoms. The molecule has 3 aliphatic rings. The van der Waals surface area contributed by atoms with Crippen molar-refractivity contribution in [1.29, 1.82) is 0 Å². The van der Waals surface area contributed by atoms with Crippen molar-refractivity contribution < 1.29 is 9.47 Å². The molecule has 2 aliphatic heterocycles. The molecule has 254 valence electrons. The molecule has 2 saturated heterocycles. The Morgan fingerprint density at radius 3 is 1.41 bits per heavy atom. The van der Waals surface area contributed by atoms with Gasteiger partial charge in [-0.15, -0.1) is 0 Å². The second kappa shape index (κ2) is 22.6. The first kappa shape index (κ1) is 37.6. The molecule has 2 heterocycles. The molecule has 0 radical (unpaired) electrons. The van der Waals surface area contributed by atoms with E-state index in [1.165, 1.54) is 148 Å². The van der Waals surface area contributed by atoms with Gasteiger partial charge >= 0.3 is 0 Å². The molecule has 44 heavy (non-hydrogen) atoms. The minimum atomic E-state index is -0.243. The van der Waals surface area contributed by atoms with Crippen LogP contribution in [0.25, 0.3) is 0 Å². The van der Waals surface area contributed by atoms with E-state index in [1.54, 1.807) is 0 Å². The molecule has 0 bridgehead atoms. The molecule has 1 aliphatic carbocycles. The van der Waals surface area contributed by atoms with Crippen molar-refractivity contribution in [2.24, 2.45) is 5.41 Å². The summed E-state index contributed by atoms with van der Waals surface area (Å²) in [4.78, 5) is 2.36. The maximum Gasteiger partial charge on any atom is 0.170 e. The van der Waals surface area contributed by atoms with Crippen LogP contribution in [-0.4, -0.2) is 43.0 Å². The van der Waals surface area contributed by atoms with Crippen LogP contribution in [0.1, 0.15) is 181 Å². The van der Waals surface area contributed by atoms with E-state index in [0.717, 1.165) is 32.4 Å². The Morgan fingerprint density at radius 1 is 0.523 bits per heavy atom. The summed E-state index contributed by atoms with van der Waals surface area (Å²) >= 11 is 0. The number of fused-ring (bicyclic) bond motifs is 1. The summed E-state index contributed by atoms with van der Waals surface area (Å²) < 4.78 is 13.2.